The standard InChI is InChI=1S/C81H134O16P2/c1-4-7-10-13-16-19-22-25-28-31-33-35-36-37-38-40-42-44-46-49-52-55-58-61-64-67-79(84)91-70-76(82)71-93-98(87,88)94-72-77(83)73-95-99(89,90)96-75-78(97-81(86)69-66-63-60-57-54-51-48-43-30-27-24-21-18-15-12-9-6-3)74-92-80(85)68-65-62-59-56-53-50-47-45-41-39-34-32-29-26-23-20-17-14-11-8-5-2/h9,12,16-21,25-30,33-35,37-39,45,47-48,51,57,60,76-78,82-83H,4-8,10-11,13-15,22-24,31-32,36,40-44,46,49-50,52-56,58-59,61-75H2,1-3H3,(H,87,88)(H,89,90)/b12-9-,19-16-,20-17-,21-18-,28-25-,29-26-,30-27-,35-33-,38-37-,39-34-,47-45-,51-48-,60-57-. The van der Waals surface area contributed by atoms with E-state index in [1.807, 2.05) is 12.2 Å². The number of rotatable bonds is 70. The molecule has 0 aromatic rings. The van der Waals surface area contributed by atoms with Crippen LogP contribution in [0.4, 0.5) is 0 Å². The summed E-state index contributed by atoms with van der Waals surface area (Å²) >= 11 is 0. The molecule has 0 aliphatic rings. The summed E-state index contributed by atoms with van der Waals surface area (Å²) in [7, 11) is -9.82. The molecule has 0 spiro atoms. The Kier molecular flexibility index (Phi) is 69.4. The lowest BCUT2D eigenvalue weighted by Crippen LogP contribution is -2.30. The highest BCUT2D eigenvalue weighted by Crippen LogP contribution is 2.45. The lowest BCUT2D eigenvalue weighted by molar-refractivity contribution is -0.161. The molecular formula is C81H134O16P2. The molecule has 4 N–H and O–H groups in total. The van der Waals surface area contributed by atoms with Crippen molar-refractivity contribution in [3.05, 3.63) is 158 Å². The Hall–Kier alpha value is -4.83. The summed E-state index contributed by atoms with van der Waals surface area (Å²) in [6.45, 7) is 2.39. The summed E-state index contributed by atoms with van der Waals surface area (Å²) in [6.07, 6.45) is 90.1. The third kappa shape index (κ3) is 74.2. The number of allylic oxidation sites excluding steroid dienone is 26. The Morgan fingerprint density at radius 2 is 0.545 bits per heavy atom. The van der Waals surface area contributed by atoms with E-state index in [4.69, 9.17) is 32.3 Å². The van der Waals surface area contributed by atoms with Crippen molar-refractivity contribution in [3.8, 4) is 0 Å². The van der Waals surface area contributed by atoms with Crippen molar-refractivity contribution in [1.82, 2.24) is 0 Å². The maximum absolute atomic E-state index is 12.9. The number of phosphoric ester groups is 2. The molecule has 5 unspecified atom stereocenters. The molecule has 18 heteroatoms. The number of aliphatic hydroxyl groups excluding tert-OH is 2. The maximum Gasteiger partial charge on any atom is 0.472 e. The van der Waals surface area contributed by atoms with Gasteiger partial charge in [0.2, 0.25) is 0 Å². The number of hydrogen-bond donors (Lipinski definition) is 4. The highest BCUT2D eigenvalue weighted by Gasteiger charge is 2.29. The lowest BCUT2D eigenvalue weighted by Gasteiger charge is -2.21. The molecule has 0 heterocycles. The van der Waals surface area contributed by atoms with Gasteiger partial charge in [0.1, 0.15) is 25.4 Å². The predicted molar refractivity (Wildman–Crippen MR) is 408 cm³/mol. The summed E-state index contributed by atoms with van der Waals surface area (Å²) < 4.78 is 61.0. The summed E-state index contributed by atoms with van der Waals surface area (Å²) in [5.74, 6) is -1.68. The molecule has 0 radical (unpaired) electrons. The topological polar surface area (TPSA) is 231 Å². The zero-order valence-electron chi connectivity index (χ0n) is 61.4. The van der Waals surface area contributed by atoms with E-state index in [0.29, 0.717) is 25.7 Å². The molecule has 564 valence electrons. The van der Waals surface area contributed by atoms with E-state index in [2.05, 4.69) is 167 Å². The van der Waals surface area contributed by atoms with Gasteiger partial charge in [0, 0.05) is 19.3 Å². The first-order valence-corrected chi connectivity index (χ1v) is 40.8. The van der Waals surface area contributed by atoms with Crippen molar-refractivity contribution in [2.24, 2.45) is 0 Å². The fourth-order valence-electron chi connectivity index (χ4n) is 9.45. The fraction of sp³-hybridized carbons (Fsp3) is 0.642. The number of aliphatic hydroxyl groups is 2. The summed E-state index contributed by atoms with van der Waals surface area (Å²) in [4.78, 5) is 58.6. The number of unbranched alkanes of at least 4 members (excludes halogenated alkanes) is 21. The normalized spacial score (nSPS) is 14.9. The number of esters is 3. The van der Waals surface area contributed by atoms with Crippen LogP contribution < -0.4 is 0 Å². The summed E-state index contributed by atoms with van der Waals surface area (Å²) in [6, 6.07) is 0. The third-order valence-corrected chi connectivity index (χ3v) is 17.1. The van der Waals surface area contributed by atoms with Gasteiger partial charge in [-0.2, -0.15) is 0 Å². The predicted octanol–water partition coefficient (Wildman–Crippen LogP) is 21.9. The van der Waals surface area contributed by atoms with Gasteiger partial charge in [0.05, 0.1) is 26.4 Å². The Bertz CT molecular complexity index is 2430. The van der Waals surface area contributed by atoms with E-state index >= 15 is 0 Å². The Morgan fingerprint density at radius 3 is 0.879 bits per heavy atom. The monoisotopic (exact) mass is 1420 g/mol. The van der Waals surface area contributed by atoms with E-state index in [1.165, 1.54) is 70.6 Å². The SMILES string of the molecule is CC/C=C\C/C=C\C/C=C\C/C=C\C/C=C\CCCC(=O)OC(COC(=O)CCCCCCC/C=C\C/C=C\C/C=C\C/C=C\CCCCC)COP(=O)(O)OCC(O)COP(=O)(O)OCC(O)COC(=O)CCCCCCCCCCC/C=C\C/C=C\C/C=C\C/C=C\CCCCC. The van der Waals surface area contributed by atoms with Crippen LogP contribution in [0.15, 0.2) is 158 Å². The van der Waals surface area contributed by atoms with Crippen molar-refractivity contribution in [3.63, 3.8) is 0 Å². The van der Waals surface area contributed by atoms with Gasteiger partial charge in [0.25, 0.3) is 0 Å². The van der Waals surface area contributed by atoms with Crippen molar-refractivity contribution in [1.29, 1.82) is 0 Å². The number of carbonyl (C=O) groups is 3. The maximum atomic E-state index is 12.9. The molecule has 0 rings (SSSR count). The largest absolute Gasteiger partial charge is 0.472 e. The van der Waals surface area contributed by atoms with E-state index in [-0.39, 0.29) is 19.3 Å². The second kappa shape index (κ2) is 72.9. The van der Waals surface area contributed by atoms with Crippen molar-refractivity contribution >= 4 is 33.6 Å². The Morgan fingerprint density at radius 1 is 0.293 bits per heavy atom. The lowest BCUT2D eigenvalue weighted by atomic mass is 10.1. The van der Waals surface area contributed by atoms with E-state index in [1.54, 1.807) is 0 Å². The van der Waals surface area contributed by atoms with Gasteiger partial charge in [-0.15, -0.1) is 0 Å². The van der Waals surface area contributed by atoms with Crippen molar-refractivity contribution in [2.75, 3.05) is 39.6 Å². The van der Waals surface area contributed by atoms with Gasteiger partial charge < -0.3 is 34.2 Å². The molecule has 0 saturated carbocycles. The van der Waals surface area contributed by atoms with E-state index < -0.39 is 91.5 Å². The van der Waals surface area contributed by atoms with Crippen molar-refractivity contribution in [2.45, 2.75) is 296 Å². The van der Waals surface area contributed by atoms with Crippen molar-refractivity contribution < 1.29 is 75.8 Å². The molecule has 99 heavy (non-hydrogen) atoms. The second-order valence-electron chi connectivity index (χ2n) is 24.7. The minimum atomic E-state index is -4.96. The zero-order chi connectivity index (χ0) is 72.3. The van der Waals surface area contributed by atoms with Gasteiger partial charge >= 0.3 is 33.6 Å². The van der Waals surface area contributed by atoms with E-state index in [0.717, 1.165) is 141 Å². The summed E-state index contributed by atoms with van der Waals surface area (Å²) in [5.41, 5.74) is 0. The van der Waals surface area contributed by atoms with Crippen LogP contribution in [0.25, 0.3) is 0 Å². The van der Waals surface area contributed by atoms with Crippen LogP contribution in [0.2, 0.25) is 0 Å². The molecule has 0 aromatic carbocycles. The van der Waals surface area contributed by atoms with Crippen LogP contribution in [-0.4, -0.2) is 95.9 Å². The average Bonchev–Trinajstić information content (AvgIpc) is 2.04. The second-order valence-corrected chi connectivity index (χ2v) is 27.6. The fourth-order valence-corrected chi connectivity index (χ4v) is 11.0. The number of hydrogen-bond acceptors (Lipinski definition) is 14. The van der Waals surface area contributed by atoms with Crippen LogP contribution in [0, 0.1) is 0 Å². The van der Waals surface area contributed by atoms with Crippen LogP contribution in [0.5, 0.6) is 0 Å². The summed E-state index contributed by atoms with van der Waals surface area (Å²) in [5, 5.41) is 20.6. The van der Waals surface area contributed by atoms with E-state index in [9.17, 15) is 43.5 Å². The molecular weight excluding hydrogens is 1290 g/mol. The molecule has 0 aromatic heterocycles. The minimum absolute atomic E-state index is 0.0159. The molecule has 0 fully saturated rings. The quantitative estimate of drug-likeness (QED) is 0.0146. The van der Waals surface area contributed by atoms with Gasteiger partial charge in [-0.05, 0) is 148 Å². The zero-order valence-corrected chi connectivity index (χ0v) is 63.1. The first kappa shape index (κ1) is 94.2. The average molecular weight is 1430 g/mol. The minimum Gasteiger partial charge on any atom is -0.463 e. The third-order valence-electron chi connectivity index (χ3n) is 15.2. The Balaban J connectivity index is 4.71. The number of phosphoric acid groups is 2. The van der Waals surface area contributed by atoms with Crippen LogP contribution >= 0.6 is 15.6 Å². The molecule has 0 bridgehead atoms. The van der Waals surface area contributed by atoms with Gasteiger partial charge in [-0.25, -0.2) is 9.13 Å². The molecule has 0 saturated heterocycles. The molecule has 5 atom stereocenters. The smallest absolute Gasteiger partial charge is 0.463 e. The van der Waals surface area contributed by atoms with Crippen LogP contribution in [-0.2, 0) is 55.8 Å². The molecule has 0 aliphatic heterocycles. The number of ether oxygens (including phenoxy) is 3. The number of carbonyl (C=O) groups excluding carboxylic acids is 3. The van der Waals surface area contributed by atoms with Crippen LogP contribution in [0.3, 0.4) is 0 Å². The molecule has 16 nitrogen and oxygen atoms in total. The van der Waals surface area contributed by atoms with Gasteiger partial charge in [-0.1, -0.05) is 269 Å². The first-order valence-electron chi connectivity index (χ1n) is 37.8. The highest BCUT2D eigenvalue weighted by atomic mass is 31.2. The molecule has 0 aliphatic carbocycles. The molecule has 0 amide bonds. The van der Waals surface area contributed by atoms with Gasteiger partial charge in [-0.3, -0.25) is 32.5 Å². The van der Waals surface area contributed by atoms with Gasteiger partial charge in [0.15, 0.2) is 6.10 Å². The first-order chi connectivity index (χ1) is 48.2. The Labute approximate surface area is 600 Å². The highest BCUT2D eigenvalue weighted by molar-refractivity contribution is 7.47. The van der Waals surface area contributed by atoms with Crippen LogP contribution in [0.1, 0.15) is 278 Å².